The Hall–Kier alpha value is -3.43. The van der Waals surface area contributed by atoms with E-state index < -0.39 is 29.5 Å². The van der Waals surface area contributed by atoms with E-state index in [9.17, 15) is 22.8 Å². The third kappa shape index (κ3) is 7.03. The Morgan fingerprint density at radius 2 is 1.53 bits per heavy atom. The fourth-order valence-corrected chi connectivity index (χ4v) is 3.23. The number of halogens is 5. The van der Waals surface area contributed by atoms with Gasteiger partial charge in [-0.2, -0.15) is 0 Å². The zero-order valence-electron chi connectivity index (χ0n) is 17.5. The quantitative estimate of drug-likeness (QED) is 0.311. The van der Waals surface area contributed by atoms with E-state index in [1.807, 2.05) is 0 Å². The van der Waals surface area contributed by atoms with Gasteiger partial charge in [-0.15, -0.1) is 0 Å². The number of carbonyl (C=O) groups is 2. The van der Waals surface area contributed by atoms with E-state index in [2.05, 4.69) is 16.0 Å². The first-order valence-corrected chi connectivity index (χ1v) is 10.8. The maximum absolute atomic E-state index is 13.7. The van der Waals surface area contributed by atoms with Crippen LogP contribution >= 0.6 is 23.2 Å². The molecule has 0 fully saturated rings. The van der Waals surface area contributed by atoms with Crippen molar-refractivity contribution in [3.63, 3.8) is 0 Å². The Bertz CT molecular complexity index is 1180. The van der Waals surface area contributed by atoms with Crippen molar-refractivity contribution in [2.24, 2.45) is 0 Å². The molecule has 3 aromatic carbocycles. The van der Waals surface area contributed by atoms with E-state index in [1.54, 1.807) is 6.07 Å². The van der Waals surface area contributed by atoms with Gasteiger partial charge in [0.15, 0.2) is 0 Å². The van der Waals surface area contributed by atoms with Gasteiger partial charge in [0.05, 0.1) is 15.7 Å². The molecule has 0 saturated heterocycles. The average Bonchev–Trinajstić information content (AvgIpc) is 2.79. The van der Waals surface area contributed by atoms with Gasteiger partial charge in [0, 0.05) is 30.5 Å². The van der Waals surface area contributed by atoms with Gasteiger partial charge in [-0.05, 0) is 61.0 Å². The summed E-state index contributed by atoms with van der Waals surface area (Å²) in [6, 6.07) is 11.5. The molecule has 0 aliphatic heterocycles. The van der Waals surface area contributed by atoms with Crippen LogP contribution in [0.3, 0.4) is 0 Å². The minimum atomic E-state index is -0.906. The van der Waals surface area contributed by atoms with Gasteiger partial charge in [0.1, 0.15) is 17.5 Å². The topological polar surface area (TPSA) is 73.5 Å². The van der Waals surface area contributed by atoms with Crippen LogP contribution in [0.1, 0.15) is 6.42 Å². The summed E-state index contributed by atoms with van der Waals surface area (Å²) >= 11 is 11.9. The highest BCUT2D eigenvalue weighted by Gasteiger charge is 2.17. The molecule has 178 valence electrons. The number of urea groups is 2. The Kier molecular flexibility index (Phi) is 8.61. The zero-order valence-corrected chi connectivity index (χ0v) is 19.1. The van der Waals surface area contributed by atoms with Crippen molar-refractivity contribution in [1.29, 1.82) is 0 Å². The van der Waals surface area contributed by atoms with Crippen LogP contribution in [0, 0.1) is 17.5 Å². The highest BCUT2D eigenvalue weighted by molar-refractivity contribution is 6.42. The second-order valence-electron chi connectivity index (χ2n) is 7.05. The van der Waals surface area contributed by atoms with E-state index in [4.69, 9.17) is 23.2 Å². The predicted octanol–water partition coefficient (Wildman–Crippen LogP) is 6.66. The van der Waals surface area contributed by atoms with Crippen LogP contribution in [0.15, 0.2) is 60.7 Å². The molecule has 4 amide bonds. The number of amides is 4. The van der Waals surface area contributed by atoms with Gasteiger partial charge in [0.25, 0.3) is 0 Å². The van der Waals surface area contributed by atoms with Gasteiger partial charge in [-0.25, -0.2) is 22.8 Å². The van der Waals surface area contributed by atoms with E-state index in [1.165, 1.54) is 41.3 Å². The summed E-state index contributed by atoms with van der Waals surface area (Å²) in [5.74, 6) is -2.12. The summed E-state index contributed by atoms with van der Waals surface area (Å²) < 4.78 is 40.0. The molecule has 3 N–H and O–H groups in total. The molecule has 0 atom stereocenters. The van der Waals surface area contributed by atoms with E-state index in [0.29, 0.717) is 28.9 Å². The fraction of sp³-hybridized carbons (Fsp3) is 0.130. The lowest BCUT2D eigenvalue weighted by Gasteiger charge is -2.23. The molecule has 0 spiro atoms. The van der Waals surface area contributed by atoms with Crippen LogP contribution in [-0.2, 0) is 0 Å². The maximum atomic E-state index is 13.7. The lowest BCUT2D eigenvalue weighted by Crippen LogP contribution is -2.38. The molecule has 0 aromatic heterocycles. The average molecular weight is 511 g/mol. The molecule has 3 rings (SSSR count). The molecule has 0 unspecified atom stereocenters. The Balaban J connectivity index is 1.60. The van der Waals surface area contributed by atoms with Crippen LogP contribution in [0.25, 0.3) is 0 Å². The summed E-state index contributed by atoms with van der Waals surface area (Å²) in [6.07, 6.45) is 0.311. The summed E-state index contributed by atoms with van der Waals surface area (Å²) in [5.41, 5.74) is 0.662. The van der Waals surface area contributed by atoms with Crippen LogP contribution in [0.5, 0.6) is 0 Å². The first-order valence-electron chi connectivity index (χ1n) is 10.0. The van der Waals surface area contributed by atoms with Crippen molar-refractivity contribution in [3.05, 3.63) is 88.2 Å². The number of hydrogen-bond donors (Lipinski definition) is 3. The highest BCUT2D eigenvalue weighted by atomic mass is 35.5. The van der Waals surface area contributed by atoms with Gasteiger partial charge < -0.3 is 16.0 Å². The van der Waals surface area contributed by atoms with Gasteiger partial charge in [-0.1, -0.05) is 23.2 Å². The van der Waals surface area contributed by atoms with E-state index >= 15 is 0 Å². The molecule has 0 radical (unpaired) electrons. The van der Waals surface area contributed by atoms with Crippen molar-refractivity contribution in [2.75, 3.05) is 28.6 Å². The predicted molar refractivity (Wildman–Crippen MR) is 127 cm³/mol. The fourth-order valence-electron chi connectivity index (χ4n) is 2.93. The SMILES string of the molecule is O=C(NCCCN(C(=O)Nc1ccc(Cl)c(Cl)c1)c1ccc(F)cc1)Nc1ccc(F)cc1F. The molecule has 6 nitrogen and oxygen atoms in total. The maximum Gasteiger partial charge on any atom is 0.326 e. The summed E-state index contributed by atoms with van der Waals surface area (Å²) in [7, 11) is 0. The van der Waals surface area contributed by atoms with E-state index in [-0.39, 0.29) is 23.8 Å². The molecule has 11 heteroatoms. The van der Waals surface area contributed by atoms with Crippen molar-refractivity contribution in [3.8, 4) is 0 Å². The summed E-state index contributed by atoms with van der Waals surface area (Å²) in [4.78, 5) is 26.3. The highest BCUT2D eigenvalue weighted by Crippen LogP contribution is 2.26. The third-order valence-corrected chi connectivity index (χ3v) is 5.32. The standard InChI is InChI=1S/C23H19Cl2F3N4O2/c24-18-8-5-16(13-19(18)25)30-23(34)32(17-6-2-14(26)3-7-17)11-1-10-29-22(33)31-21-9-4-15(27)12-20(21)28/h2-9,12-13H,1,10-11H2,(H,30,34)(H2,29,31,33). The molecule has 0 bridgehead atoms. The molecule has 0 aliphatic rings. The van der Waals surface area contributed by atoms with Gasteiger partial charge in [0.2, 0.25) is 0 Å². The largest absolute Gasteiger partial charge is 0.338 e. The summed E-state index contributed by atoms with van der Waals surface area (Å²) in [5, 5.41) is 8.10. The second kappa shape index (κ2) is 11.6. The molecule has 0 aliphatic carbocycles. The van der Waals surface area contributed by atoms with Crippen molar-refractivity contribution in [1.82, 2.24) is 5.32 Å². The zero-order chi connectivity index (χ0) is 24.7. The van der Waals surface area contributed by atoms with E-state index in [0.717, 1.165) is 12.1 Å². The number of hydrogen-bond acceptors (Lipinski definition) is 2. The number of anilines is 3. The molecule has 0 heterocycles. The number of nitrogens with zero attached hydrogens (tertiary/aromatic N) is 1. The molecular weight excluding hydrogens is 492 g/mol. The molecular formula is C23H19Cl2F3N4O2. The molecule has 34 heavy (non-hydrogen) atoms. The van der Waals surface area contributed by atoms with Gasteiger partial charge in [-0.3, -0.25) is 4.90 Å². The lowest BCUT2D eigenvalue weighted by molar-refractivity contribution is 0.252. The lowest BCUT2D eigenvalue weighted by atomic mass is 10.2. The minimum Gasteiger partial charge on any atom is -0.338 e. The van der Waals surface area contributed by atoms with Crippen molar-refractivity contribution >= 4 is 52.3 Å². The normalized spacial score (nSPS) is 10.5. The Morgan fingerprint density at radius 3 is 2.21 bits per heavy atom. The van der Waals surface area contributed by atoms with Crippen LogP contribution in [0.4, 0.5) is 39.8 Å². The van der Waals surface area contributed by atoms with Crippen molar-refractivity contribution < 1.29 is 22.8 Å². The Labute approximate surface area is 203 Å². The number of benzene rings is 3. The summed E-state index contributed by atoms with van der Waals surface area (Å²) in [6.45, 7) is 0.288. The molecule has 3 aromatic rings. The first-order chi connectivity index (χ1) is 16.2. The number of rotatable bonds is 7. The smallest absolute Gasteiger partial charge is 0.326 e. The third-order valence-electron chi connectivity index (χ3n) is 4.58. The van der Waals surface area contributed by atoms with Crippen LogP contribution < -0.4 is 20.9 Å². The van der Waals surface area contributed by atoms with Crippen molar-refractivity contribution in [2.45, 2.75) is 6.42 Å². The Morgan fingerprint density at radius 1 is 0.824 bits per heavy atom. The molecule has 0 saturated carbocycles. The second-order valence-corrected chi connectivity index (χ2v) is 7.86. The van der Waals surface area contributed by atoms with Crippen LogP contribution in [0.2, 0.25) is 10.0 Å². The van der Waals surface area contributed by atoms with Crippen LogP contribution in [-0.4, -0.2) is 25.2 Å². The number of carbonyl (C=O) groups excluding carboxylic acids is 2. The van der Waals surface area contributed by atoms with Gasteiger partial charge >= 0.3 is 12.1 Å². The first kappa shape index (κ1) is 25.2. The minimum absolute atomic E-state index is 0.131. The number of nitrogens with one attached hydrogen (secondary N) is 3. The monoisotopic (exact) mass is 510 g/mol.